The van der Waals surface area contributed by atoms with Gasteiger partial charge in [0.05, 0.1) is 40.4 Å². The second kappa shape index (κ2) is 21.3. The molecule has 0 spiro atoms. The summed E-state index contributed by atoms with van der Waals surface area (Å²) in [5.74, 6) is 1.71. The molecular formula is C45H53ClLiN5O6S-2. The van der Waals surface area contributed by atoms with Gasteiger partial charge in [-0.25, -0.2) is 13.4 Å². The zero-order valence-electron chi connectivity index (χ0n) is 34.8. The van der Waals surface area contributed by atoms with Crippen LogP contribution in [0.2, 0.25) is 5.02 Å². The quantitative estimate of drug-likeness (QED) is 0.113. The summed E-state index contributed by atoms with van der Waals surface area (Å²) in [5, 5.41) is 5.92. The van der Waals surface area contributed by atoms with Gasteiger partial charge in [0.15, 0.2) is 21.4 Å². The van der Waals surface area contributed by atoms with Crippen molar-refractivity contribution < 1.29 is 46.4 Å². The number of rotatable bonds is 13. The maximum absolute atomic E-state index is 12.8. The van der Waals surface area contributed by atoms with Crippen LogP contribution in [0.4, 0.5) is 23.1 Å². The number of sulfone groups is 1. The molecule has 1 saturated carbocycles. The minimum Gasteiger partial charge on any atom is -0.492 e. The molecule has 2 N–H and O–H groups in total. The molecule has 1 fully saturated rings. The number of hydrogen-bond acceptors (Lipinski definition) is 10. The van der Waals surface area contributed by atoms with E-state index >= 15 is 0 Å². The van der Waals surface area contributed by atoms with Crippen LogP contribution >= 0.6 is 11.6 Å². The van der Waals surface area contributed by atoms with Gasteiger partial charge in [-0.3, -0.25) is 14.4 Å². The van der Waals surface area contributed by atoms with Crippen molar-refractivity contribution in [3.8, 4) is 5.75 Å². The van der Waals surface area contributed by atoms with E-state index < -0.39 is 21.1 Å². The standard InChI is InChI=1S/C24H28ClN4O3S.C21H25NO3.Li/c1-6-17-13-21(32-7-2)20(12-16(17)5)28-24-26-14-18(25)23(29-24)27-19-10-8-9-11-22(19)33(30,31)15(3)4;1-3-14(4-2)15-8-10-18-16(12-15)13-22(21(18)25)19-11-9-17(23)6-5-7-20(19)24;/h8-15H,1,6-7H2,2-5H3,(H2,26,27,28,29);8,10,12,14,19H,1-7,9,11,13H2;/q-1;-2;+1. The molecule has 0 saturated heterocycles. The van der Waals surface area contributed by atoms with Gasteiger partial charge in [-0.05, 0) is 87.6 Å². The second-order valence-electron chi connectivity index (χ2n) is 14.7. The van der Waals surface area contributed by atoms with E-state index in [-0.39, 0.29) is 63.9 Å². The summed E-state index contributed by atoms with van der Waals surface area (Å²) >= 11 is 6.33. The number of halogens is 1. The number of amides is 1. The number of Topliss-reactive ketones (excluding diaryl/α,β-unsaturated/α-hetero) is 2. The van der Waals surface area contributed by atoms with Crippen molar-refractivity contribution in [2.45, 2.75) is 108 Å². The van der Waals surface area contributed by atoms with E-state index in [4.69, 9.17) is 16.3 Å². The SMILES string of the molecule is [CH2-]CC(C[CH2-])c1ccc2c(c1)CN(C1CCC(=O)CCCC1=O)C2=O.[CH2-]Cc1cc(OCC)c(Nc2ncc(Cl)c(Nc3ccccc3S(=O)(=O)C(C)C)n2)cc1C.[Li+]. The van der Waals surface area contributed by atoms with Crippen LogP contribution in [0.5, 0.6) is 5.75 Å². The normalized spacial score (nSPS) is 15.5. The number of benzene rings is 3. The van der Waals surface area contributed by atoms with Crippen LogP contribution in [0.15, 0.2) is 65.7 Å². The number of nitrogens with zero attached hydrogens (tertiary/aromatic N) is 3. The molecule has 6 rings (SSSR count). The maximum Gasteiger partial charge on any atom is 1.00 e. The molecule has 1 aliphatic carbocycles. The van der Waals surface area contributed by atoms with Gasteiger partial charge >= 0.3 is 18.9 Å². The van der Waals surface area contributed by atoms with Crippen molar-refractivity contribution in [3.63, 3.8) is 0 Å². The zero-order valence-corrected chi connectivity index (χ0v) is 36.3. The fraction of sp³-hybridized carbons (Fsp3) is 0.378. The number of fused-ring (bicyclic) bond motifs is 1. The average Bonchev–Trinajstić information content (AvgIpc) is 3.52. The van der Waals surface area contributed by atoms with Crippen molar-refractivity contribution in [1.82, 2.24) is 14.9 Å². The summed E-state index contributed by atoms with van der Waals surface area (Å²) in [7, 11) is -3.51. The van der Waals surface area contributed by atoms with Crippen LogP contribution in [-0.4, -0.2) is 58.7 Å². The minimum absolute atomic E-state index is 0. The number of hydrogen-bond donors (Lipinski definition) is 2. The first kappa shape index (κ1) is 47.5. The third kappa shape index (κ3) is 11.3. The molecule has 2 aliphatic rings. The van der Waals surface area contributed by atoms with Crippen LogP contribution in [0.25, 0.3) is 0 Å². The zero-order chi connectivity index (χ0) is 42.1. The molecule has 1 unspecified atom stereocenters. The van der Waals surface area contributed by atoms with Gasteiger partial charge < -0.3 is 41.0 Å². The number of para-hydroxylation sites is 1. The maximum atomic E-state index is 12.8. The Bertz CT molecular complexity index is 2250. The summed E-state index contributed by atoms with van der Waals surface area (Å²) in [5.41, 5.74) is 6.05. The predicted molar refractivity (Wildman–Crippen MR) is 230 cm³/mol. The van der Waals surface area contributed by atoms with Crippen molar-refractivity contribution >= 4 is 62.1 Å². The smallest absolute Gasteiger partial charge is 0.492 e. The predicted octanol–water partition coefficient (Wildman–Crippen LogP) is 6.53. The van der Waals surface area contributed by atoms with Gasteiger partial charge in [0, 0.05) is 31.4 Å². The van der Waals surface area contributed by atoms with Crippen molar-refractivity contribution in [2.75, 3.05) is 17.2 Å². The molecule has 1 amide bonds. The number of aryl methyl sites for hydroxylation is 1. The minimum atomic E-state index is -3.51. The molecule has 11 nitrogen and oxygen atoms in total. The number of carbonyl (C=O) groups is 3. The van der Waals surface area contributed by atoms with Gasteiger partial charge in [0.2, 0.25) is 5.95 Å². The Balaban J connectivity index is 0.000000265. The van der Waals surface area contributed by atoms with E-state index in [1.807, 2.05) is 38.1 Å². The fourth-order valence-corrected chi connectivity index (χ4v) is 8.43. The molecule has 14 heteroatoms. The first-order chi connectivity index (χ1) is 27.7. The Morgan fingerprint density at radius 1 is 0.966 bits per heavy atom. The molecule has 2 heterocycles. The van der Waals surface area contributed by atoms with E-state index in [2.05, 4.69) is 47.4 Å². The molecular weight excluding hydrogens is 781 g/mol. The molecule has 59 heavy (non-hydrogen) atoms. The number of nitrogens with one attached hydrogen (secondary N) is 2. The summed E-state index contributed by atoms with van der Waals surface area (Å²) in [6.45, 7) is 20.1. The van der Waals surface area contributed by atoms with E-state index in [1.165, 1.54) is 6.20 Å². The van der Waals surface area contributed by atoms with E-state index in [1.54, 1.807) is 43.0 Å². The van der Waals surface area contributed by atoms with Gasteiger partial charge in [0.1, 0.15) is 16.6 Å². The molecule has 1 aromatic heterocycles. The summed E-state index contributed by atoms with van der Waals surface area (Å²) in [4.78, 5) is 47.7. The van der Waals surface area contributed by atoms with Gasteiger partial charge in [0.25, 0.3) is 5.91 Å². The van der Waals surface area contributed by atoms with Gasteiger partial charge in [-0.2, -0.15) is 24.2 Å². The number of ketones is 2. The first-order valence-electron chi connectivity index (χ1n) is 19.7. The van der Waals surface area contributed by atoms with Gasteiger partial charge in [-0.1, -0.05) is 47.3 Å². The Kier molecular flexibility index (Phi) is 17.2. The van der Waals surface area contributed by atoms with Gasteiger partial charge in [-0.15, -0.1) is 0 Å². The van der Waals surface area contributed by atoms with E-state index in [0.717, 1.165) is 35.1 Å². The summed E-state index contributed by atoms with van der Waals surface area (Å²) in [6, 6.07) is 16.0. The fourth-order valence-electron chi connectivity index (χ4n) is 7.09. The topological polar surface area (TPSA) is 148 Å². The Labute approximate surface area is 366 Å². The molecule has 1 aliphatic heterocycles. The molecule has 0 bridgehead atoms. The molecule has 3 aromatic carbocycles. The number of carbonyl (C=O) groups excluding carboxylic acids is 3. The monoisotopic (exact) mass is 833 g/mol. The average molecular weight is 834 g/mol. The molecule has 310 valence electrons. The third-order valence-electron chi connectivity index (χ3n) is 10.5. The largest absolute Gasteiger partial charge is 1.00 e. The number of anilines is 4. The first-order valence-corrected chi connectivity index (χ1v) is 21.7. The van der Waals surface area contributed by atoms with Crippen LogP contribution in [0.1, 0.15) is 104 Å². The Morgan fingerprint density at radius 2 is 1.69 bits per heavy atom. The number of ether oxygens (including phenoxy) is 1. The third-order valence-corrected chi connectivity index (χ3v) is 13.0. The Hall–Kier alpha value is -4.21. The second-order valence-corrected chi connectivity index (χ2v) is 17.6. The summed E-state index contributed by atoms with van der Waals surface area (Å²) < 4.78 is 31.3. The van der Waals surface area contributed by atoms with Crippen LogP contribution in [-0.2, 0) is 32.4 Å². The number of aromatic nitrogens is 2. The van der Waals surface area contributed by atoms with Crippen molar-refractivity contribution in [2.24, 2.45) is 0 Å². The van der Waals surface area contributed by atoms with E-state index in [0.29, 0.717) is 74.4 Å². The van der Waals surface area contributed by atoms with Crippen LogP contribution in [0, 0.1) is 27.7 Å². The summed E-state index contributed by atoms with van der Waals surface area (Å²) in [6.07, 6.45) is 5.93. The van der Waals surface area contributed by atoms with Crippen LogP contribution in [0.3, 0.4) is 0 Å². The van der Waals surface area contributed by atoms with E-state index in [9.17, 15) is 22.8 Å². The molecule has 1 atom stereocenters. The molecule has 0 radical (unpaired) electrons. The van der Waals surface area contributed by atoms with Crippen molar-refractivity contribution in [1.29, 1.82) is 0 Å². The Morgan fingerprint density at radius 3 is 2.37 bits per heavy atom. The van der Waals surface area contributed by atoms with Crippen LogP contribution < -0.4 is 34.2 Å². The van der Waals surface area contributed by atoms with Crippen molar-refractivity contribution in [3.05, 3.63) is 114 Å². The molecule has 4 aromatic rings.